The van der Waals surface area contributed by atoms with Crippen molar-refractivity contribution in [1.29, 1.82) is 0 Å². The molecule has 0 unspecified atom stereocenters. The Hall–Kier alpha value is -2.04. The molecule has 4 nitrogen and oxygen atoms in total. The van der Waals surface area contributed by atoms with E-state index in [2.05, 4.69) is 10.2 Å². The van der Waals surface area contributed by atoms with Gasteiger partial charge in [-0.3, -0.25) is 0 Å². The van der Waals surface area contributed by atoms with E-state index in [0.29, 0.717) is 0 Å². The van der Waals surface area contributed by atoms with Crippen LogP contribution in [-0.2, 0) is 0 Å². The molecule has 1 fully saturated rings. The van der Waals surface area contributed by atoms with Crippen LogP contribution in [0.2, 0.25) is 0 Å². The molecular formula is C17H20N2O2. The molecule has 0 bridgehead atoms. The van der Waals surface area contributed by atoms with Crippen LogP contribution in [0.15, 0.2) is 60.7 Å². The van der Waals surface area contributed by atoms with Crippen molar-refractivity contribution in [3.8, 4) is 11.5 Å². The number of nitrogens with zero attached hydrogens (tertiary/aromatic N) is 1. The van der Waals surface area contributed by atoms with Crippen LogP contribution in [0.1, 0.15) is 0 Å². The second kappa shape index (κ2) is 7.11. The number of ether oxygens (including phenoxy) is 2. The summed E-state index contributed by atoms with van der Waals surface area (Å²) in [6.07, 6.45) is -0.406. The standard InChI is InChI=1S/C17H20N2O2/c1-3-7-15(8-4-1)20-17(19-13-11-18-12-14-19)21-16-9-5-2-6-10-16/h1-10,17-18H,11-14H2. The van der Waals surface area contributed by atoms with E-state index in [-0.39, 0.29) is 0 Å². The maximum Gasteiger partial charge on any atom is 0.304 e. The van der Waals surface area contributed by atoms with Crippen molar-refractivity contribution in [2.75, 3.05) is 26.2 Å². The number of hydrogen-bond acceptors (Lipinski definition) is 4. The highest BCUT2D eigenvalue weighted by Gasteiger charge is 2.23. The molecule has 110 valence electrons. The van der Waals surface area contributed by atoms with Crippen LogP contribution in [0, 0.1) is 0 Å². The van der Waals surface area contributed by atoms with Gasteiger partial charge in [0.1, 0.15) is 11.5 Å². The van der Waals surface area contributed by atoms with Gasteiger partial charge in [0, 0.05) is 26.2 Å². The molecule has 1 saturated heterocycles. The molecule has 4 heteroatoms. The van der Waals surface area contributed by atoms with Crippen molar-refractivity contribution in [2.24, 2.45) is 0 Å². The summed E-state index contributed by atoms with van der Waals surface area (Å²) in [5.74, 6) is 1.63. The zero-order valence-electron chi connectivity index (χ0n) is 11.9. The molecule has 1 heterocycles. The van der Waals surface area contributed by atoms with Crippen molar-refractivity contribution in [2.45, 2.75) is 6.41 Å². The third kappa shape index (κ3) is 3.97. The predicted molar refractivity (Wildman–Crippen MR) is 82.4 cm³/mol. The lowest BCUT2D eigenvalue weighted by Gasteiger charge is -2.34. The molecule has 1 N–H and O–H groups in total. The quantitative estimate of drug-likeness (QED) is 0.855. The molecule has 0 spiro atoms. The normalized spacial score (nSPS) is 15.9. The van der Waals surface area contributed by atoms with E-state index in [1.54, 1.807) is 0 Å². The van der Waals surface area contributed by atoms with E-state index in [9.17, 15) is 0 Å². The lowest BCUT2D eigenvalue weighted by molar-refractivity contribution is -0.119. The molecule has 0 aromatic heterocycles. The van der Waals surface area contributed by atoms with Gasteiger partial charge in [-0.15, -0.1) is 0 Å². The monoisotopic (exact) mass is 284 g/mol. The minimum absolute atomic E-state index is 0.406. The minimum atomic E-state index is -0.406. The molecular weight excluding hydrogens is 264 g/mol. The fourth-order valence-electron chi connectivity index (χ4n) is 2.30. The first-order chi connectivity index (χ1) is 10.4. The van der Waals surface area contributed by atoms with E-state index in [1.165, 1.54) is 0 Å². The molecule has 1 aliphatic rings. The highest BCUT2D eigenvalue weighted by atomic mass is 16.7. The van der Waals surface area contributed by atoms with E-state index < -0.39 is 6.41 Å². The SMILES string of the molecule is c1ccc(OC(Oc2ccccc2)N2CCNCC2)cc1. The Morgan fingerprint density at radius 2 is 1.24 bits per heavy atom. The molecule has 21 heavy (non-hydrogen) atoms. The summed E-state index contributed by atoms with van der Waals surface area (Å²) in [7, 11) is 0. The fourth-order valence-corrected chi connectivity index (χ4v) is 2.30. The smallest absolute Gasteiger partial charge is 0.304 e. The average molecular weight is 284 g/mol. The van der Waals surface area contributed by atoms with Crippen LogP contribution in [0.4, 0.5) is 0 Å². The largest absolute Gasteiger partial charge is 0.442 e. The van der Waals surface area contributed by atoms with Crippen LogP contribution in [0.5, 0.6) is 11.5 Å². The number of rotatable bonds is 5. The highest BCUT2D eigenvalue weighted by Crippen LogP contribution is 2.18. The van der Waals surface area contributed by atoms with Gasteiger partial charge in [-0.2, -0.15) is 0 Å². The first kappa shape index (κ1) is 13.9. The summed E-state index contributed by atoms with van der Waals surface area (Å²) in [5, 5.41) is 3.34. The molecule has 1 aliphatic heterocycles. The van der Waals surface area contributed by atoms with Crippen LogP contribution in [0.3, 0.4) is 0 Å². The van der Waals surface area contributed by atoms with Crippen molar-refractivity contribution in [3.63, 3.8) is 0 Å². The first-order valence-corrected chi connectivity index (χ1v) is 7.30. The lowest BCUT2D eigenvalue weighted by atomic mass is 10.3. The van der Waals surface area contributed by atoms with Gasteiger partial charge in [0.15, 0.2) is 0 Å². The van der Waals surface area contributed by atoms with Gasteiger partial charge in [-0.05, 0) is 24.3 Å². The van der Waals surface area contributed by atoms with Gasteiger partial charge < -0.3 is 14.8 Å². The summed E-state index contributed by atoms with van der Waals surface area (Å²) < 4.78 is 12.1. The number of hydrogen-bond donors (Lipinski definition) is 1. The highest BCUT2D eigenvalue weighted by molar-refractivity contribution is 5.23. The van der Waals surface area contributed by atoms with Crippen molar-refractivity contribution >= 4 is 0 Å². The first-order valence-electron chi connectivity index (χ1n) is 7.30. The fraction of sp³-hybridized carbons (Fsp3) is 0.294. The molecule has 0 saturated carbocycles. The minimum Gasteiger partial charge on any atom is -0.442 e. The Kier molecular flexibility index (Phi) is 4.71. The maximum atomic E-state index is 6.03. The van der Waals surface area contributed by atoms with E-state index in [1.807, 2.05) is 60.7 Å². The van der Waals surface area contributed by atoms with Crippen molar-refractivity contribution in [1.82, 2.24) is 10.2 Å². The number of benzene rings is 2. The van der Waals surface area contributed by atoms with Gasteiger partial charge >= 0.3 is 6.41 Å². The molecule has 0 amide bonds. The molecule has 2 aromatic rings. The van der Waals surface area contributed by atoms with Gasteiger partial charge in [0.05, 0.1) is 0 Å². The van der Waals surface area contributed by atoms with Crippen LogP contribution in [-0.4, -0.2) is 37.5 Å². The van der Waals surface area contributed by atoms with Crippen molar-refractivity contribution in [3.05, 3.63) is 60.7 Å². The summed E-state index contributed by atoms with van der Waals surface area (Å²) in [6.45, 7) is 3.72. The van der Waals surface area contributed by atoms with Gasteiger partial charge in [-0.25, -0.2) is 4.90 Å². The zero-order chi connectivity index (χ0) is 14.3. The molecule has 2 aromatic carbocycles. The molecule has 0 radical (unpaired) electrons. The third-order valence-corrected chi connectivity index (χ3v) is 3.41. The van der Waals surface area contributed by atoms with E-state index in [0.717, 1.165) is 37.7 Å². The van der Waals surface area contributed by atoms with Gasteiger partial charge in [0.2, 0.25) is 0 Å². The van der Waals surface area contributed by atoms with Gasteiger partial charge in [-0.1, -0.05) is 36.4 Å². The third-order valence-electron chi connectivity index (χ3n) is 3.41. The second-order valence-electron chi connectivity index (χ2n) is 4.95. The Morgan fingerprint density at radius 3 is 1.71 bits per heavy atom. The number of para-hydroxylation sites is 2. The molecule has 3 rings (SSSR count). The van der Waals surface area contributed by atoms with Crippen LogP contribution < -0.4 is 14.8 Å². The van der Waals surface area contributed by atoms with Gasteiger partial charge in [0.25, 0.3) is 0 Å². The average Bonchev–Trinajstić information content (AvgIpc) is 2.57. The van der Waals surface area contributed by atoms with Crippen LogP contribution >= 0.6 is 0 Å². The Labute approximate surface area is 125 Å². The predicted octanol–water partition coefficient (Wildman–Crippen LogP) is 2.33. The molecule has 0 aliphatic carbocycles. The topological polar surface area (TPSA) is 33.7 Å². The Bertz CT molecular complexity index is 486. The Morgan fingerprint density at radius 1 is 0.762 bits per heavy atom. The summed E-state index contributed by atoms with van der Waals surface area (Å²) in [4.78, 5) is 2.20. The Balaban J connectivity index is 1.73. The lowest BCUT2D eigenvalue weighted by Crippen LogP contribution is -2.52. The van der Waals surface area contributed by atoms with E-state index in [4.69, 9.17) is 9.47 Å². The van der Waals surface area contributed by atoms with Crippen LogP contribution in [0.25, 0.3) is 0 Å². The second-order valence-corrected chi connectivity index (χ2v) is 4.95. The maximum absolute atomic E-state index is 6.03. The summed E-state index contributed by atoms with van der Waals surface area (Å²) in [6, 6.07) is 19.6. The number of piperazine rings is 1. The number of nitrogens with one attached hydrogen (secondary N) is 1. The summed E-state index contributed by atoms with van der Waals surface area (Å²) >= 11 is 0. The molecule has 0 atom stereocenters. The zero-order valence-corrected chi connectivity index (χ0v) is 11.9. The summed E-state index contributed by atoms with van der Waals surface area (Å²) in [5.41, 5.74) is 0. The van der Waals surface area contributed by atoms with E-state index >= 15 is 0 Å². The van der Waals surface area contributed by atoms with Crippen molar-refractivity contribution < 1.29 is 9.47 Å².